The van der Waals surface area contributed by atoms with Gasteiger partial charge < -0.3 is 20.1 Å². The Balaban J connectivity index is 1.62. The van der Waals surface area contributed by atoms with Gasteiger partial charge in [0.25, 0.3) is 0 Å². The predicted molar refractivity (Wildman–Crippen MR) is 83.5 cm³/mol. The number of pyridine rings is 1. The largest absolute Gasteiger partial charge is 0.454 e. The van der Waals surface area contributed by atoms with Crippen LogP contribution in [0.15, 0.2) is 36.5 Å². The fourth-order valence-electron chi connectivity index (χ4n) is 1.99. The molecule has 3 rings (SSSR count). The summed E-state index contributed by atoms with van der Waals surface area (Å²) in [5.74, 6) is 1.62. The van der Waals surface area contributed by atoms with Gasteiger partial charge in [-0.3, -0.25) is 4.79 Å². The molecule has 0 radical (unpaired) electrons. The molecule has 1 aliphatic rings. The Morgan fingerprint density at radius 2 is 2.09 bits per heavy atom. The molecule has 0 fully saturated rings. The average molecular weight is 320 g/mol. The van der Waals surface area contributed by atoms with Gasteiger partial charge >= 0.3 is 0 Å². The van der Waals surface area contributed by atoms with Crippen molar-refractivity contribution in [1.29, 1.82) is 0 Å². The van der Waals surface area contributed by atoms with Gasteiger partial charge in [0.1, 0.15) is 11.9 Å². The second-order valence-electron chi connectivity index (χ2n) is 4.78. The van der Waals surface area contributed by atoms with E-state index in [9.17, 15) is 4.79 Å². The highest BCUT2D eigenvalue weighted by atomic mass is 35.5. The molecule has 6 nitrogen and oxygen atoms in total. The Bertz CT molecular complexity index is 691. The second kappa shape index (κ2) is 6.11. The number of benzene rings is 1. The van der Waals surface area contributed by atoms with Gasteiger partial charge in [0.15, 0.2) is 11.5 Å². The second-order valence-corrected chi connectivity index (χ2v) is 5.22. The number of carbonyl (C=O) groups excluding carboxylic acids is 1. The number of halogens is 1. The van der Waals surface area contributed by atoms with Crippen molar-refractivity contribution in [2.45, 2.75) is 13.0 Å². The number of fused-ring (bicyclic) bond motifs is 1. The van der Waals surface area contributed by atoms with E-state index in [4.69, 9.17) is 21.1 Å². The number of hydrogen-bond donors (Lipinski definition) is 2. The lowest BCUT2D eigenvalue weighted by molar-refractivity contribution is -0.116. The maximum absolute atomic E-state index is 12.1. The van der Waals surface area contributed by atoms with Crippen LogP contribution >= 0.6 is 11.6 Å². The molecule has 1 atom stereocenters. The Kier molecular flexibility index (Phi) is 4.02. The van der Waals surface area contributed by atoms with Gasteiger partial charge in [-0.1, -0.05) is 11.6 Å². The van der Waals surface area contributed by atoms with E-state index >= 15 is 0 Å². The molecular weight excluding hydrogens is 306 g/mol. The Morgan fingerprint density at radius 3 is 2.86 bits per heavy atom. The van der Waals surface area contributed by atoms with Crippen LogP contribution in [0.2, 0.25) is 5.02 Å². The summed E-state index contributed by atoms with van der Waals surface area (Å²) >= 11 is 5.75. The van der Waals surface area contributed by atoms with Gasteiger partial charge in [-0.2, -0.15) is 0 Å². The molecule has 2 heterocycles. The molecule has 1 aliphatic heterocycles. The highest BCUT2D eigenvalue weighted by Gasteiger charge is 2.17. The molecule has 0 bridgehead atoms. The van der Waals surface area contributed by atoms with Gasteiger partial charge in [-0.15, -0.1) is 0 Å². The minimum Gasteiger partial charge on any atom is -0.454 e. The number of nitrogens with zero attached hydrogens (tertiary/aromatic N) is 1. The van der Waals surface area contributed by atoms with Crippen molar-refractivity contribution < 1.29 is 14.3 Å². The SMILES string of the molecule is CC(Nc1ccc2c(c1)OCO2)C(=O)Nc1ccc(Cl)cn1. The summed E-state index contributed by atoms with van der Waals surface area (Å²) in [6, 6.07) is 8.30. The monoisotopic (exact) mass is 319 g/mol. The molecule has 2 aromatic rings. The van der Waals surface area contributed by atoms with Crippen molar-refractivity contribution >= 4 is 29.0 Å². The van der Waals surface area contributed by atoms with E-state index in [0.717, 1.165) is 5.69 Å². The first-order valence-corrected chi connectivity index (χ1v) is 7.08. The molecule has 1 unspecified atom stereocenters. The van der Waals surface area contributed by atoms with Gasteiger partial charge in [0, 0.05) is 18.0 Å². The van der Waals surface area contributed by atoms with E-state index < -0.39 is 6.04 Å². The number of ether oxygens (including phenoxy) is 2. The third-order valence-corrected chi connectivity index (χ3v) is 3.35. The van der Waals surface area contributed by atoms with Crippen molar-refractivity contribution in [2.24, 2.45) is 0 Å². The Morgan fingerprint density at radius 1 is 1.27 bits per heavy atom. The Labute approximate surface area is 132 Å². The van der Waals surface area contributed by atoms with Crippen LogP contribution in [0.3, 0.4) is 0 Å². The van der Waals surface area contributed by atoms with Crippen molar-refractivity contribution in [3.63, 3.8) is 0 Å². The molecule has 7 heteroatoms. The molecule has 0 saturated heterocycles. The molecule has 2 N–H and O–H groups in total. The van der Waals surface area contributed by atoms with Crippen LogP contribution in [0.1, 0.15) is 6.92 Å². The Hall–Kier alpha value is -2.47. The molecule has 114 valence electrons. The maximum atomic E-state index is 12.1. The number of rotatable bonds is 4. The molecular formula is C15H14ClN3O3. The maximum Gasteiger partial charge on any atom is 0.247 e. The number of aromatic nitrogens is 1. The van der Waals surface area contributed by atoms with Crippen LogP contribution in [-0.4, -0.2) is 23.7 Å². The van der Waals surface area contributed by atoms with Crippen molar-refractivity contribution in [1.82, 2.24) is 4.98 Å². The number of anilines is 2. The molecule has 0 spiro atoms. The summed E-state index contributed by atoms with van der Waals surface area (Å²) in [7, 11) is 0. The van der Waals surface area contributed by atoms with E-state index in [1.807, 2.05) is 6.07 Å². The van der Waals surface area contributed by atoms with Crippen LogP contribution in [0.5, 0.6) is 11.5 Å². The van der Waals surface area contributed by atoms with Crippen LogP contribution in [0.25, 0.3) is 0 Å². The first-order valence-electron chi connectivity index (χ1n) is 6.70. The summed E-state index contributed by atoms with van der Waals surface area (Å²) in [5, 5.41) is 6.33. The zero-order chi connectivity index (χ0) is 15.5. The van der Waals surface area contributed by atoms with Crippen molar-refractivity contribution in [2.75, 3.05) is 17.4 Å². The third kappa shape index (κ3) is 3.23. The van der Waals surface area contributed by atoms with Crippen LogP contribution in [0, 0.1) is 0 Å². The van der Waals surface area contributed by atoms with Gasteiger partial charge in [0.2, 0.25) is 12.7 Å². The molecule has 1 aromatic heterocycles. The van der Waals surface area contributed by atoms with E-state index in [0.29, 0.717) is 22.3 Å². The highest BCUT2D eigenvalue weighted by molar-refractivity contribution is 6.30. The summed E-state index contributed by atoms with van der Waals surface area (Å²) in [6.45, 7) is 1.98. The standard InChI is InChI=1S/C15H14ClN3O3/c1-9(15(20)19-14-5-2-10(16)7-17-14)18-11-3-4-12-13(6-11)22-8-21-12/h2-7,9,18H,8H2,1H3,(H,17,19,20). The van der Waals surface area contributed by atoms with Crippen LogP contribution in [0.4, 0.5) is 11.5 Å². The quantitative estimate of drug-likeness (QED) is 0.906. The number of amides is 1. The molecule has 0 saturated carbocycles. The van der Waals surface area contributed by atoms with Crippen LogP contribution < -0.4 is 20.1 Å². The third-order valence-electron chi connectivity index (χ3n) is 3.13. The highest BCUT2D eigenvalue weighted by Crippen LogP contribution is 2.34. The smallest absolute Gasteiger partial charge is 0.247 e. The first-order chi connectivity index (χ1) is 10.6. The minimum atomic E-state index is -0.446. The van der Waals surface area contributed by atoms with Gasteiger partial charge in [0.05, 0.1) is 5.02 Å². The summed E-state index contributed by atoms with van der Waals surface area (Å²) < 4.78 is 10.5. The summed E-state index contributed by atoms with van der Waals surface area (Å²) in [5.41, 5.74) is 0.774. The number of carbonyl (C=O) groups is 1. The van der Waals surface area contributed by atoms with Crippen LogP contribution in [-0.2, 0) is 4.79 Å². The summed E-state index contributed by atoms with van der Waals surface area (Å²) in [4.78, 5) is 16.2. The number of nitrogens with one attached hydrogen (secondary N) is 2. The lowest BCUT2D eigenvalue weighted by Crippen LogP contribution is -2.32. The molecule has 1 amide bonds. The van der Waals surface area contributed by atoms with E-state index in [1.165, 1.54) is 6.20 Å². The zero-order valence-corrected chi connectivity index (χ0v) is 12.6. The molecule has 1 aromatic carbocycles. The van der Waals surface area contributed by atoms with E-state index in [-0.39, 0.29) is 12.7 Å². The molecule has 22 heavy (non-hydrogen) atoms. The fraction of sp³-hybridized carbons (Fsp3) is 0.200. The normalized spacial score (nSPS) is 13.5. The first kappa shape index (κ1) is 14.5. The summed E-state index contributed by atoms with van der Waals surface area (Å²) in [6.07, 6.45) is 1.48. The predicted octanol–water partition coefficient (Wildman–Crippen LogP) is 2.90. The number of hydrogen-bond acceptors (Lipinski definition) is 5. The van der Waals surface area contributed by atoms with Crippen molar-refractivity contribution in [3.05, 3.63) is 41.6 Å². The lowest BCUT2D eigenvalue weighted by atomic mass is 10.2. The lowest BCUT2D eigenvalue weighted by Gasteiger charge is -2.15. The topological polar surface area (TPSA) is 72.5 Å². The fourth-order valence-corrected chi connectivity index (χ4v) is 2.10. The van der Waals surface area contributed by atoms with Gasteiger partial charge in [-0.05, 0) is 31.2 Å². The average Bonchev–Trinajstić information content (AvgIpc) is 2.97. The van der Waals surface area contributed by atoms with E-state index in [2.05, 4.69) is 15.6 Å². The minimum absolute atomic E-state index is 0.201. The molecule has 0 aliphatic carbocycles. The van der Waals surface area contributed by atoms with Crippen molar-refractivity contribution in [3.8, 4) is 11.5 Å². The van der Waals surface area contributed by atoms with Gasteiger partial charge in [-0.25, -0.2) is 4.98 Å². The van der Waals surface area contributed by atoms with E-state index in [1.54, 1.807) is 31.2 Å². The zero-order valence-electron chi connectivity index (χ0n) is 11.8.